The van der Waals surface area contributed by atoms with Crippen LogP contribution in [0.2, 0.25) is 0 Å². The van der Waals surface area contributed by atoms with Crippen LogP contribution in [0.5, 0.6) is 0 Å². The average molecular weight is 466 g/mol. The molecule has 2 aromatic rings. The summed E-state index contributed by atoms with van der Waals surface area (Å²) in [4.78, 5) is 48.2. The molecule has 5 aliphatic rings. The Morgan fingerprint density at radius 2 is 1.76 bits per heavy atom. The number of carbonyl (C=O) groups excluding carboxylic acids is 2. The van der Waals surface area contributed by atoms with E-state index in [-0.39, 0.29) is 35.7 Å². The first-order chi connectivity index (χ1) is 16.3. The van der Waals surface area contributed by atoms with Crippen LogP contribution in [0.1, 0.15) is 63.8 Å². The maximum absolute atomic E-state index is 13.9. The molecular weight excluding hydrogens is 434 g/mol. The van der Waals surface area contributed by atoms with E-state index in [9.17, 15) is 19.5 Å². The minimum absolute atomic E-state index is 0.0231. The van der Waals surface area contributed by atoms with E-state index in [1.54, 1.807) is 36.1 Å². The monoisotopic (exact) mass is 465 g/mol. The Hall–Kier alpha value is -2.74. The molecular formula is C26H31N3O5. The van der Waals surface area contributed by atoms with E-state index < -0.39 is 24.2 Å². The highest BCUT2D eigenvalue weighted by Crippen LogP contribution is 2.60. The number of β-amino-alcohol motifs (C(OH)–C–C–N with tert-alkyl or cyclic N) is 1. The number of ether oxygens (including phenoxy) is 1. The first-order valence-corrected chi connectivity index (χ1v) is 12.5. The van der Waals surface area contributed by atoms with E-state index in [2.05, 4.69) is 9.97 Å². The number of benzene rings is 1. The Morgan fingerprint density at radius 1 is 1.12 bits per heavy atom. The van der Waals surface area contributed by atoms with Crippen molar-refractivity contribution in [3.63, 3.8) is 0 Å². The van der Waals surface area contributed by atoms with Crippen LogP contribution in [0.4, 0.5) is 0 Å². The molecule has 5 fully saturated rings. The number of nitrogens with one attached hydrogen (secondary N) is 1. The Bertz CT molecular complexity index is 1170. The Labute approximate surface area is 197 Å². The fourth-order valence-corrected chi connectivity index (χ4v) is 7.54. The van der Waals surface area contributed by atoms with Gasteiger partial charge in [-0.3, -0.25) is 9.59 Å². The van der Waals surface area contributed by atoms with Gasteiger partial charge in [-0.05, 0) is 75.3 Å². The van der Waals surface area contributed by atoms with Crippen LogP contribution in [-0.4, -0.2) is 50.5 Å². The van der Waals surface area contributed by atoms with Gasteiger partial charge in [0.1, 0.15) is 6.04 Å². The fourth-order valence-electron chi connectivity index (χ4n) is 7.54. The van der Waals surface area contributed by atoms with Crippen LogP contribution in [0, 0.1) is 23.2 Å². The number of hydrogen-bond donors (Lipinski definition) is 2. The molecule has 1 amide bonds. The first-order valence-electron chi connectivity index (χ1n) is 12.5. The number of esters is 1. The van der Waals surface area contributed by atoms with Gasteiger partial charge in [0.05, 0.1) is 22.4 Å². The molecule has 3 unspecified atom stereocenters. The number of hydrogen-bond acceptors (Lipinski definition) is 6. The van der Waals surface area contributed by atoms with E-state index in [1.807, 2.05) is 0 Å². The maximum atomic E-state index is 13.9. The van der Waals surface area contributed by atoms with E-state index in [0.717, 1.165) is 19.3 Å². The third kappa shape index (κ3) is 3.54. The van der Waals surface area contributed by atoms with Gasteiger partial charge in [0, 0.05) is 13.0 Å². The Kier molecular flexibility index (Phi) is 5.06. The smallest absolute Gasteiger partial charge is 0.329 e. The van der Waals surface area contributed by atoms with E-state index in [0.29, 0.717) is 28.7 Å². The molecule has 4 bridgehead atoms. The van der Waals surface area contributed by atoms with Gasteiger partial charge in [0.25, 0.3) is 5.56 Å². The van der Waals surface area contributed by atoms with Crippen LogP contribution in [0.15, 0.2) is 29.1 Å². The Balaban J connectivity index is 1.21. The third-order valence-corrected chi connectivity index (χ3v) is 8.61. The predicted octanol–water partition coefficient (Wildman–Crippen LogP) is 2.71. The van der Waals surface area contributed by atoms with Gasteiger partial charge in [-0.2, -0.15) is 0 Å². The highest BCUT2D eigenvalue weighted by molar-refractivity contribution is 5.89. The standard InChI is InChI=1S/C26H31N3O5/c1-14(22-27-20-5-3-2-4-19(20)23(31)28-22)34-24(32)21-9-18(30)13-29(21)25(33)26-10-15-6-16(11-26)8-17(7-15)12-26/h2-5,14-18,21,30H,6-13H2,1H3,(H,27,28,31). The van der Waals surface area contributed by atoms with Crippen LogP contribution in [0.25, 0.3) is 10.9 Å². The fraction of sp³-hybridized carbons (Fsp3) is 0.615. The molecule has 4 aliphatic carbocycles. The second kappa shape index (κ2) is 7.90. The summed E-state index contributed by atoms with van der Waals surface area (Å²) in [6.07, 6.45) is 5.05. The molecule has 1 saturated heterocycles. The largest absolute Gasteiger partial charge is 0.453 e. The SMILES string of the molecule is CC(OC(=O)C1CC(O)CN1C(=O)C12CC3CC(CC(C3)C1)C2)c1nc2ccccc2c(=O)[nH]1. The lowest BCUT2D eigenvalue weighted by Crippen LogP contribution is -2.56. The van der Waals surface area contributed by atoms with Gasteiger partial charge in [0.15, 0.2) is 11.9 Å². The highest BCUT2D eigenvalue weighted by atomic mass is 16.5. The van der Waals surface area contributed by atoms with Crippen LogP contribution in [0.3, 0.4) is 0 Å². The van der Waals surface area contributed by atoms with Gasteiger partial charge in [0.2, 0.25) is 5.91 Å². The number of nitrogens with zero attached hydrogens (tertiary/aromatic N) is 2. The van der Waals surface area contributed by atoms with Gasteiger partial charge >= 0.3 is 5.97 Å². The number of amides is 1. The van der Waals surface area contributed by atoms with Crippen molar-refractivity contribution in [3.8, 4) is 0 Å². The topological polar surface area (TPSA) is 113 Å². The highest BCUT2D eigenvalue weighted by Gasteiger charge is 2.57. The molecule has 0 spiro atoms. The number of rotatable bonds is 4. The molecule has 4 saturated carbocycles. The van der Waals surface area contributed by atoms with Crippen molar-refractivity contribution in [1.82, 2.24) is 14.9 Å². The number of aromatic nitrogens is 2. The number of para-hydroxylation sites is 1. The molecule has 180 valence electrons. The first kappa shape index (κ1) is 21.8. The minimum atomic E-state index is -0.815. The van der Waals surface area contributed by atoms with Crippen LogP contribution >= 0.6 is 0 Å². The van der Waals surface area contributed by atoms with E-state index in [1.165, 1.54) is 19.3 Å². The zero-order chi connectivity index (χ0) is 23.6. The number of aliphatic hydroxyl groups is 1. The summed E-state index contributed by atoms with van der Waals surface area (Å²) in [7, 11) is 0. The quantitative estimate of drug-likeness (QED) is 0.672. The summed E-state index contributed by atoms with van der Waals surface area (Å²) in [5.74, 6) is 1.57. The normalized spacial score (nSPS) is 35.0. The lowest BCUT2D eigenvalue weighted by atomic mass is 9.49. The molecule has 8 nitrogen and oxygen atoms in total. The number of H-pyrrole nitrogens is 1. The van der Waals surface area contributed by atoms with Gasteiger partial charge in [-0.1, -0.05) is 12.1 Å². The molecule has 2 N–H and O–H groups in total. The van der Waals surface area contributed by atoms with Crippen molar-refractivity contribution in [2.75, 3.05) is 6.54 Å². The lowest BCUT2D eigenvalue weighted by Gasteiger charge is -2.56. The number of likely N-dealkylation sites (tertiary alicyclic amines) is 1. The van der Waals surface area contributed by atoms with Crippen LogP contribution in [-0.2, 0) is 14.3 Å². The summed E-state index contributed by atoms with van der Waals surface area (Å²) < 4.78 is 5.70. The zero-order valence-corrected chi connectivity index (χ0v) is 19.4. The minimum Gasteiger partial charge on any atom is -0.453 e. The summed E-state index contributed by atoms with van der Waals surface area (Å²) in [5.41, 5.74) is -0.147. The van der Waals surface area contributed by atoms with Gasteiger partial charge in [-0.15, -0.1) is 0 Å². The van der Waals surface area contributed by atoms with Gasteiger partial charge in [-0.25, -0.2) is 9.78 Å². The molecule has 7 rings (SSSR count). The molecule has 3 atom stereocenters. The van der Waals surface area contributed by atoms with Crippen LogP contribution < -0.4 is 5.56 Å². The summed E-state index contributed by atoms with van der Waals surface area (Å²) in [6.45, 7) is 1.82. The average Bonchev–Trinajstić information content (AvgIpc) is 3.19. The maximum Gasteiger partial charge on any atom is 0.329 e. The summed E-state index contributed by atoms with van der Waals surface area (Å²) in [5, 5.41) is 10.9. The van der Waals surface area contributed by atoms with Gasteiger partial charge < -0.3 is 19.7 Å². The molecule has 0 radical (unpaired) electrons. The molecule has 8 heteroatoms. The van der Waals surface area contributed by atoms with Crippen molar-refractivity contribution < 1.29 is 19.4 Å². The second-order valence-electron chi connectivity index (χ2n) is 11.1. The number of aliphatic hydroxyl groups excluding tert-OH is 1. The van der Waals surface area contributed by atoms with Crippen molar-refractivity contribution in [3.05, 3.63) is 40.4 Å². The van der Waals surface area contributed by atoms with E-state index >= 15 is 0 Å². The van der Waals surface area contributed by atoms with E-state index in [4.69, 9.17) is 4.74 Å². The summed E-state index contributed by atoms with van der Waals surface area (Å²) in [6, 6.07) is 6.17. The Morgan fingerprint density at radius 3 is 2.44 bits per heavy atom. The molecule has 1 aliphatic heterocycles. The van der Waals surface area contributed by atoms with Crippen molar-refractivity contribution in [2.24, 2.45) is 23.2 Å². The van der Waals surface area contributed by atoms with Crippen molar-refractivity contribution in [2.45, 2.75) is 70.1 Å². The van der Waals surface area contributed by atoms with Crippen molar-refractivity contribution >= 4 is 22.8 Å². The molecule has 1 aromatic carbocycles. The molecule has 1 aromatic heterocycles. The zero-order valence-electron chi connectivity index (χ0n) is 19.4. The molecule has 2 heterocycles. The predicted molar refractivity (Wildman–Crippen MR) is 124 cm³/mol. The third-order valence-electron chi connectivity index (χ3n) is 8.61. The number of fused-ring (bicyclic) bond motifs is 1. The molecule has 34 heavy (non-hydrogen) atoms. The summed E-state index contributed by atoms with van der Waals surface area (Å²) >= 11 is 0. The van der Waals surface area contributed by atoms with Crippen molar-refractivity contribution in [1.29, 1.82) is 0 Å². The second-order valence-corrected chi connectivity index (χ2v) is 11.1. The number of carbonyl (C=O) groups is 2. The number of aromatic amines is 1. The lowest BCUT2D eigenvalue weighted by molar-refractivity contribution is -0.167.